The SMILES string of the molecule is c1ccc2cc(-c3ccc4c(c3)c(-c3ccc5c(ccc6ccccc65)c3)cc3c5ccccc5c(-c5ccc6c(ccc7ccccc76)c5)cc43)ccc2c1. The molecule has 0 fully saturated rings. The fourth-order valence-electron chi connectivity index (χ4n) is 9.39. The molecule has 0 unspecified atom stereocenters. The molecule has 0 N–H and O–H groups in total. The van der Waals surface area contributed by atoms with Crippen LogP contribution in [0.25, 0.3) is 120 Å². The fraction of sp³-hybridized carbons (Fsp3) is 0. The zero-order valence-electron chi connectivity index (χ0n) is 30.6. The standard InChI is InChI=1S/C56H34/c1-2-12-38-29-39(20-17-35(38)9-1)40-23-28-51-54(32-40)53(44-25-27-48-42(31-44)22-19-37-11-4-6-14-46(37)48)34-55-50-16-8-7-15-49(50)52(33-56(51)55)43-24-26-47-41(30-43)21-18-36-10-3-5-13-45(36)47/h1-34H. The third-order valence-electron chi connectivity index (χ3n) is 12.2. The molecule has 0 heteroatoms. The number of hydrogen-bond acceptors (Lipinski definition) is 0. The Bertz CT molecular complexity index is 3590. The summed E-state index contributed by atoms with van der Waals surface area (Å²) < 4.78 is 0. The van der Waals surface area contributed by atoms with Gasteiger partial charge in [0.15, 0.2) is 0 Å². The van der Waals surface area contributed by atoms with Gasteiger partial charge in [-0.3, -0.25) is 0 Å². The molecule has 0 aromatic heterocycles. The maximum absolute atomic E-state index is 2.46. The molecule has 0 saturated heterocycles. The molecular weight excluding hydrogens is 673 g/mol. The highest BCUT2D eigenvalue weighted by Gasteiger charge is 2.17. The lowest BCUT2D eigenvalue weighted by atomic mass is 9.86. The van der Waals surface area contributed by atoms with E-state index in [0.717, 1.165) is 0 Å². The van der Waals surface area contributed by atoms with E-state index in [-0.39, 0.29) is 0 Å². The molecule has 0 aliphatic carbocycles. The van der Waals surface area contributed by atoms with E-state index < -0.39 is 0 Å². The van der Waals surface area contributed by atoms with E-state index in [4.69, 9.17) is 0 Å². The molecule has 258 valence electrons. The molecule has 0 saturated carbocycles. The van der Waals surface area contributed by atoms with Crippen LogP contribution >= 0.6 is 0 Å². The third kappa shape index (κ3) is 4.79. The monoisotopic (exact) mass is 706 g/mol. The van der Waals surface area contributed by atoms with Gasteiger partial charge in [-0.05, 0) is 156 Å². The van der Waals surface area contributed by atoms with Crippen LogP contribution in [-0.2, 0) is 0 Å². The second-order valence-electron chi connectivity index (χ2n) is 15.3. The van der Waals surface area contributed by atoms with E-state index in [0.29, 0.717) is 0 Å². The minimum atomic E-state index is 1.22. The van der Waals surface area contributed by atoms with Gasteiger partial charge in [-0.2, -0.15) is 0 Å². The minimum Gasteiger partial charge on any atom is -0.0616 e. The zero-order valence-corrected chi connectivity index (χ0v) is 30.6. The molecule has 0 aliphatic heterocycles. The van der Waals surface area contributed by atoms with Crippen LogP contribution < -0.4 is 0 Å². The average Bonchev–Trinajstić information content (AvgIpc) is 3.27. The van der Waals surface area contributed by atoms with Crippen LogP contribution in [0.3, 0.4) is 0 Å². The van der Waals surface area contributed by atoms with Crippen molar-refractivity contribution >= 4 is 86.2 Å². The normalized spacial score (nSPS) is 11.9. The van der Waals surface area contributed by atoms with Crippen LogP contribution in [0.5, 0.6) is 0 Å². The van der Waals surface area contributed by atoms with Crippen LogP contribution in [0.4, 0.5) is 0 Å². The molecule has 12 aromatic rings. The maximum atomic E-state index is 2.46. The summed E-state index contributed by atoms with van der Waals surface area (Å²) in [6.45, 7) is 0. The van der Waals surface area contributed by atoms with Gasteiger partial charge in [-0.15, -0.1) is 0 Å². The molecule has 0 heterocycles. The van der Waals surface area contributed by atoms with E-state index in [1.165, 1.54) is 120 Å². The fourth-order valence-corrected chi connectivity index (χ4v) is 9.39. The van der Waals surface area contributed by atoms with Crippen molar-refractivity contribution in [3.05, 3.63) is 206 Å². The quantitative estimate of drug-likeness (QED) is 0.160. The van der Waals surface area contributed by atoms with Crippen molar-refractivity contribution in [3.8, 4) is 33.4 Å². The lowest BCUT2D eigenvalue weighted by molar-refractivity contribution is 1.67. The van der Waals surface area contributed by atoms with Crippen molar-refractivity contribution in [2.24, 2.45) is 0 Å². The third-order valence-corrected chi connectivity index (χ3v) is 12.2. The number of benzene rings is 12. The van der Waals surface area contributed by atoms with Gasteiger partial charge in [0.1, 0.15) is 0 Å². The van der Waals surface area contributed by atoms with Crippen LogP contribution in [-0.4, -0.2) is 0 Å². The van der Waals surface area contributed by atoms with Crippen molar-refractivity contribution in [1.82, 2.24) is 0 Å². The number of rotatable bonds is 3. The summed E-state index contributed by atoms with van der Waals surface area (Å²) in [5.41, 5.74) is 7.42. The van der Waals surface area contributed by atoms with Gasteiger partial charge in [-0.1, -0.05) is 170 Å². The topological polar surface area (TPSA) is 0 Å². The van der Waals surface area contributed by atoms with E-state index in [1.54, 1.807) is 0 Å². The Morgan fingerprint density at radius 1 is 0.161 bits per heavy atom. The molecular formula is C56H34. The van der Waals surface area contributed by atoms with Gasteiger partial charge < -0.3 is 0 Å². The molecule has 0 radical (unpaired) electrons. The molecule has 0 amide bonds. The first-order valence-electron chi connectivity index (χ1n) is 19.5. The lowest BCUT2D eigenvalue weighted by Crippen LogP contribution is -1.90. The average molecular weight is 707 g/mol. The Balaban J connectivity index is 1.14. The summed E-state index contributed by atoms with van der Waals surface area (Å²) in [6.07, 6.45) is 0. The Hall–Kier alpha value is -7.28. The highest BCUT2D eigenvalue weighted by Crippen LogP contribution is 2.44. The van der Waals surface area contributed by atoms with Gasteiger partial charge in [0.2, 0.25) is 0 Å². The van der Waals surface area contributed by atoms with Crippen molar-refractivity contribution in [1.29, 1.82) is 0 Å². The summed E-state index contributed by atoms with van der Waals surface area (Å²) >= 11 is 0. The molecule has 56 heavy (non-hydrogen) atoms. The van der Waals surface area contributed by atoms with Gasteiger partial charge in [-0.25, -0.2) is 0 Å². The Kier molecular flexibility index (Phi) is 6.73. The van der Waals surface area contributed by atoms with Gasteiger partial charge in [0.05, 0.1) is 0 Å². The van der Waals surface area contributed by atoms with Crippen molar-refractivity contribution in [2.45, 2.75) is 0 Å². The Morgan fingerprint density at radius 2 is 0.536 bits per heavy atom. The van der Waals surface area contributed by atoms with Crippen LogP contribution in [0.15, 0.2) is 206 Å². The minimum absolute atomic E-state index is 1.22. The summed E-state index contributed by atoms with van der Waals surface area (Å²) in [7, 11) is 0. The number of hydrogen-bond donors (Lipinski definition) is 0. The highest BCUT2D eigenvalue weighted by molar-refractivity contribution is 6.25. The van der Waals surface area contributed by atoms with Gasteiger partial charge in [0.25, 0.3) is 0 Å². The lowest BCUT2D eigenvalue weighted by Gasteiger charge is -2.18. The predicted molar refractivity (Wildman–Crippen MR) is 243 cm³/mol. The second-order valence-corrected chi connectivity index (χ2v) is 15.3. The molecule has 12 rings (SSSR count). The number of fused-ring (bicyclic) bond motifs is 12. The smallest absolute Gasteiger partial charge is 0.00923 e. The maximum Gasteiger partial charge on any atom is -0.00923 e. The Morgan fingerprint density at radius 3 is 1.18 bits per heavy atom. The van der Waals surface area contributed by atoms with E-state index in [2.05, 4.69) is 206 Å². The van der Waals surface area contributed by atoms with Gasteiger partial charge in [0, 0.05) is 0 Å². The van der Waals surface area contributed by atoms with Crippen molar-refractivity contribution in [2.75, 3.05) is 0 Å². The summed E-state index contributed by atoms with van der Waals surface area (Å²) in [4.78, 5) is 0. The summed E-state index contributed by atoms with van der Waals surface area (Å²) in [6, 6.07) is 76.9. The van der Waals surface area contributed by atoms with Crippen molar-refractivity contribution in [3.63, 3.8) is 0 Å². The van der Waals surface area contributed by atoms with E-state index >= 15 is 0 Å². The van der Waals surface area contributed by atoms with Crippen LogP contribution in [0, 0.1) is 0 Å². The first-order chi connectivity index (χ1) is 27.7. The van der Waals surface area contributed by atoms with Crippen LogP contribution in [0.2, 0.25) is 0 Å². The molecule has 0 atom stereocenters. The van der Waals surface area contributed by atoms with Crippen molar-refractivity contribution < 1.29 is 0 Å². The van der Waals surface area contributed by atoms with Gasteiger partial charge >= 0.3 is 0 Å². The van der Waals surface area contributed by atoms with Crippen LogP contribution in [0.1, 0.15) is 0 Å². The highest BCUT2D eigenvalue weighted by atomic mass is 14.2. The molecule has 0 aliphatic rings. The second kappa shape index (κ2) is 12.1. The molecule has 12 aromatic carbocycles. The van der Waals surface area contributed by atoms with E-state index in [9.17, 15) is 0 Å². The largest absolute Gasteiger partial charge is 0.0616 e. The molecule has 0 spiro atoms. The first kappa shape index (κ1) is 31.1. The van der Waals surface area contributed by atoms with E-state index in [1.807, 2.05) is 0 Å². The summed E-state index contributed by atoms with van der Waals surface area (Å²) in [5.74, 6) is 0. The summed E-state index contributed by atoms with van der Waals surface area (Å²) in [5, 5.41) is 20.3. The zero-order chi connectivity index (χ0) is 36.7. The molecule has 0 bridgehead atoms. The first-order valence-corrected chi connectivity index (χ1v) is 19.5. The predicted octanol–water partition coefficient (Wildman–Crippen LogP) is 15.9. The molecule has 0 nitrogen and oxygen atoms in total. The Labute approximate surface area is 324 Å².